The lowest BCUT2D eigenvalue weighted by Gasteiger charge is -2.20. The number of thiophene rings is 2. The van der Waals surface area contributed by atoms with Crippen LogP contribution in [0.25, 0.3) is 118 Å². The van der Waals surface area contributed by atoms with Crippen molar-refractivity contribution >= 4 is 95.6 Å². The summed E-state index contributed by atoms with van der Waals surface area (Å²) in [7, 11) is 0. The zero-order chi connectivity index (χ0) is 36.7. The van der Waals surface area contributed by atoms with Gasteiger partial charge in [-0.2, -0.15) is 0 Å². The van der Waals surface area contributed by atoms with Gasteiger partial charge in [-0.15, -0.1) is 22.7 Å². The molecule has 0 atom stereocenters. The highest BCUT2D eigenvalue weighted by Crippen LogP contribution is 2.50. The molecule has 3 heterocycles. The molecule has 12 aromatic rings. The van der Waals surface area contributed by atoms with Gasteiger partial charge >= 0.3 is 0 Å². The number of rotatable bonds is 4. The Balaban J connectivity index is 1.18. The molecule has 0 saturated carbocycles. The van der Waals surface area contributed by atoms with Gasteiger partial charge in [0.1, 0.15) is 0 Å². The average Bonchev–Trinajstić information content (AvgIpc) is 3.85. The molecule has 0 aliphatic heterocycles. The van der Waals surface area contributed by atoms with Gasteiger partial charge in [-0.25, -0.2) is 4.98 Å². The van der Waals surface area contributed by atoms with Crippen LogP contribution in [0, 0.1) is 0 Å². The van der Waals surface area contributed by atoms with Gasteiger partial charge in [-0.1, -0.05) is 164 Å². The van der Waals surface area contributed by atoms with Crippen LogP contribution in [0.1, 0.15) is 0 Å². The summed E-state index contributed by atoms with van der Waals surface area (Å²) in [6, 6.07) is 63.9. The lowest BCUT2D eigenvalue weighted by Crippen LogP contribution is -1.96. The number of hydrogen-bond acceptors (Lipinski definition) is 4. The first kappa shape index (κ1) is 31.6. The summed E-state index contributed by atoms with van der Waals surface area (Å²) >= 11 is 3.76. The van der Waals surface area contributed by atoms with Crippen molar-refractivity contribution in [2.45, 2.75) is 0 Å². The predicted octanol–water partition coefficient (Wildman–Crippen LogP) is 15.3. The van der Waals surface area contributed by atoms with Gasteiger partial charge in [0.25, 0.3) is 0 Å². The second-order valence-electron chi connectivity index (χ2n) is 14.4. The van der Waals surface area contributed by atoms with Crippen LogP contribution in [0.5, 0.6) is 0 Å². The molecule has 0 aliphatic rings. The Bertz CT molecular complexity index is 3390. The molecule has 12 rings (SSSR count). The minimum absolute atomic E-state index is 0.856. The van der Waals surface area contributed by atoms with Crippen LogP contribution in [0.15, 0.2) is 182 Å². The van der Waals surface area contributed by atoms with Crippen LogP contribution < -0.4 is 0 Å². The van der Waals surface area contributed by atoms with Gasteiger partial charge < -0.3 is 0 Å². The standard InChI is InChI=1S/C52H30N2S2/c1-5-20-39-31(14-1)32-15-2-6-21-40(32)50-49(39)53-30-45(54-50)33-16-3-4-19-36(33)48-37(43-26-12-24-41-34-17-7-9-28-46(34)55-51(41)43)22-11-23-38(48)44-27-13-25-42-35-18-8-10-29-47(35)56-52(42)44/h1-30H. The quantitative estimate of drug-likeness (QED) is 0.168. The van der Waals surface area contributed by atoms with Gasteiger partial charge in [0.2, 0.25) is 0 Å². The second kappa shape index (κ2) is 12.4. The van der Waals surface area contributed by atoms with E-state index in [0.29, 0.717) is 0 Å². The van der Waals surface area contributed by atoms with E-state index >= 15 is 0 Å². The molecule has 4 heteroatoms. The minimum atomic E-state index is 0.856. The topological polar surface area (TPSA) is 25.8 Å². The van der Waals surface area contributed by atoms with E-state index in [9.17, 15) is 0 Å². The summed E-state index contributed by atoms with van der Waals surface area (Å²) in [6.45, 7) is 0. The fourth-order valence-corrected chi connectivity index (χ4v) is 11.3. The maximum atomic E-state index is 5.51. The fraction of sp³-hybridized carbons (Fsp3) is 0. The van der Waals surface area contributed by atoms with Crippen molar-refractivity contribution in [3.63, 3.8) is 0 Å². The largest absolute Gasteiger partial charge is 0.252 e. The van der Waals surface area contributed by atoms with Crippen molar-refractivity contribution in [1.82, 2.24) is 9.97 Å². The number of aromatic nitrogens is 2. The molecule has 0 saturated heterocycles. The molecule has 0 aliphatic carbocycles. The van der Waals surface area contributed by atoms with E-state index < -0.39 is 0 Å². The third kappa shape index (κ3) is 4.67. The van der Waals surface area contributed by atoms with Crippen molar-refractivity contribution < 1.29 is 0 Å². The minimum Gasteiger partial charge on any atom is -0.252 e. The molecule has 0 N–H and O–H groups in total. The van der Waals surface area contributed by atoms with Crippen LogP contribution in [-0.4, -0.2) is 9.97 Å². The predicted molar refractivity (Wildman–Crippen MR) is 242 cm³/mol. The van der Waals surface area contributed by atoms with E-state index in [1.807, 2.05) is 28.9 Å². The summed E-state index contributed by atoms with van der Waals surface area (Å²) in [5, 5.41) is 9.80. The van der Waals surface area contributed by atoms with Crippen molar-refractivity contribution in [3.05, 3.63) is 182 Å². The Labute approximate surface area is 330 Å². The average molecular weight is 747 g/mol. The highest BCUT2D eigenvalue weighted by atomic mass is 32.1. The van der Waals surface area contributed by atoms with E-state index in [2.05, 4.69) is 176 Å². The van der Waals surface area contributed by atoms with Gasteiger partial charge in [0.15, 0.2) is 0 Å². The van der Waals surface area contributed by atoms with Gasteiger partial charge in [-0.3, -0.25) is 4.98 Å². The monoisotopic (exact) mass is 746 g/mol. The Morgan fingerprint density at radius 3 is 1.30 bits per heavy atom. The lowest BCUT2D eigenvalue weighted by molar-refractivity contribution is 1.31. The van der Waals surface area contributed by atoms with Crippen LogP contribution in [0.2, 0.25) is 0 Å². The zero-order valence-corrected chi connectivity index (χ0v) is 31.7. The molecule has 260 valence electrons. The summed E-state index contributed by atoms with van der Waals surface area (Å²) < 4.78 is 5.20. The lowest BCUT2D eigenvalue weighted by atomic mass is 9.84. The molecule has 0 spiro atoms. The summed E-state index contributed by atoms with van der Waals surface area (Å²) in [4.78, 5) is 10.7. The van der Waals surface area contributed by atoms with Gasteiger partial charge in [0.05, 0.1) is 22.9 Å². The molecule has 56 heavy (non-hydrogen) atoms. The summed E-state index contributed by atoms with van der Waals surface area (Å²) in [5.74, 6) is 0. The van der Waals surface area contributed by atoms with Crippen molar-refractivity contribution in [2.24, 2.45) is 0 Å². The highest BCUT2D eigenvalue weighted by molar-refractivity contribution is 7.26. The maximum absolute atomic E-state index is 5.51. The molecule has 2 nitrogen and oxygen atoms in total. The number of nitrogens with zero attached hydrogens (tertiary/aromatic N) is 2. The summed E-state index contributed by atoms with van der Waals surface area (Å²) in [6.07, 6.45) is 1.98. The van der Waals surface area contributed by atoms with E-state index in [1.165, 1.54) is 78.9 Å². The number of hydrogen-bond donors (Lipinski definition) is 0. The number of benzene rings is 9. The Hall–Kier alpha value is -6.72. The first-order chi connectivity index (χ1) is 27.8. The van der Waals surface area contributed by atoms with Crippen molar-refractivity contribution in [1.29, 1.82) is 0 Å². The molecule has 0 amide bonds. The first-order valence-corrected chi connectivity index (χ1v) is 20.5. The van der Waals surface area contributed by atoms with E-state index in [0.717, 1.165) is 38.6 Å². The second-order valence-corrected chi connectivity index (χ2v) is 16.5. The molecule has 0 fully saturated rings. The molecule has 9 aromatic carbocycles. The third-order valence-electron chi connectivity index (χ3n) is 11.4. The van der Waals surface area contributed by atoms with Crippen molar-refractivity contribution in [2.75, 3.05) is 0 Å². The Morgan fingerprint density at radius 2 is 0.714 bits per heavy atom. The van der Waals surface area contributed by atoms with Crippen LogP contribution in [0.4, 0.5) is 0 Å². The maximum Gasteiger partial charge on any atom is 0.0979 e. The molecule has 0 radical (unpaired) electrons. The van der Waals surface area contributed by atoms with Crippen LogP contribution >= 0.6 is 22.7 Å². The molecular formula is C52H30N2S2. The van der Waals surface area contributed by atoms with E-state index in [4.69, 9.17) is 9.97 Å². The fourth-order valence-electron chi connectivity index (χ4n) is 8.89. The highest BCUT2D eigenvalue weighted by Gasteiger charge is 2.23. The molecule has 0 bridgehead atoms. The Kier molecular flexibility index (Phi) is 7.00. The van der Waals surface area contributed by atoms with Crippen molar-refractivity contribution in [3.8, 4) is 44.6 Å². The molecule has 0 unspecified atom stereocenters. The first-order valence-electron chi connectivity index (χ1n) is 18.9. The Morgan fingerprint density at radius 1 is 0.304 bits per heavy atom. The molecule has 3 aromatic heterocycles. The van der Waals surface area contributed by atoms with E-state index in [-0.39, 0.29) is 0 Å². The van der Waals surface area contributed by atoms with Gasteiger partial charge in [0, 0.05) is 67.8 Å². The zero-order valence-electron chi connectivity index (χ0n) is 30.0. The summed E-state index contributed by atoms with van der Waals surface area (Å²) in [5.41, 5.74) is 11.0. The molecular weight excluding hydrogens is 717 g/mol. The van der Waals surface area contributed by atoms with Crippen LogP contribution in [0.3, 0.4) is 0 Å². The number of fused-ring (bicyclic) bond motifs is 12. The van der Waals surface area contributed by atoms with Gasteiger partial charge in [-0.05, 0) is 45.2 Å². The normalized spacial score (nSPS) is 11.9. The van der Waals surface area contributed by atoms with E-state index in [1.54, 1.807) is 0 Å². The third-order valence-corrected chi connectivity index (χ3v) is 13.8. The SMILES string of the molecule is c1ccc(-c2c(-c3cccc4c3sc3ccccc34)cccc2-c2cccc3c2sc2ccccc23)c(-c2cnc3c4ccccc4c4ccccc4c3n2)c1. The van der Waals surface area contributed by atoms with Crippen LogP contribution in [-0.2, 0) is 0 Å². The smallest absolute Gasteiger partial charge is 0.0979 e.